The highest BCUT2D eigenvalue weighted by molar-refractivity contribution is 5.55. The monoisotopic (exact) mass is 267 g/mol. The lowest BCUT2D eigenvalue weighted by atomic mass is 10.2. The van der Waals surface area contributed by atoms with Gasteiger partial charge in [-0.25, -0.2) is 0 Å². The van der Waals surface area contributed by atoms with Crippen molar-refractivity contribution in [1.82, 2.24) is 25.2 Å². The van der Waals surface area contributed by atoms with Gasteiger partial charge in [0.05, 0.1) is 12.8 Å². The molecular weight excluding hydrogens is 254 g/mol. The maximum Gasteiger partial charge on any atom is 0.204 e. The molecule has 0 radical (unpaired) electrons. The predicted octanol–water partition coefficient (Wildman–Crippen LogP) is 1.79. The van der Waals surface area contributed by atoms with Gasteiger partial charge >= 0.3 is 0 Å². The average molecular weight is 267 g/mol. The summed E-state index contributed by atoms with van der Waals surface area (Å²) in [7, 11) is 1.64. The van der Waals surface area contributed by atoms with Crippen molar-refractivity contribution in [2.45, 2.75) is 6.54 Å². The van der Waals surface area contributed by atoms with Crippen LogP contribution in [0.15, 0.2) is 48.7 Å². The van der Waals surface area contributed by atoms with Crippen molar-refractivity contribution in [3.05, 3.63) is 54.4 Å². The van der Waals surface area contributed by atoms with Crippen LogP contribution in [0.4, 0.5) is 0 Å². The molecule has 1 aromatic carbocycles. The van der Waals surface area contributed by atoms with E-state index in [-0.39, 0.29) is 0 Å². The Hall–Kier alpha value is -2.76. The predicted molar refractivity (Wildman–Crippen MR) is 73.1 cm³/mol. The number of benzene rings is 1. The Morgan fingerprint density at radius 2 is 1.95 bits per heavy atom. The number of hydrogen-bond donors (Lipinski definition) is 0. The van der Waals surface area contributed by atoms with E-state index in [0.717, 1.165) is 17.0 Å². The Kier molecular flexibility index (Phi) is 3.36. The molecule has 6 nitrogen and oxygen atoms in total. The molecule has 3 aromatic rings. The first kappa shape index (κ1) is 12.3. The van der Waals surface area contributed by atoms with Crippen LogP contribution in [0.3, 0.4) is 0 Å². The van der Waals surface area contributed by atoms with Gasteiger partial charge in [-0.1, -0.05) is 6.07 Å². The summed E-state index contributed by atoms with van der Waals surface area (Å²) in [6, 6.07) is 13.3. The Morgan fingerprint density at radius 3 is 2.65 bits per heavy atom. The summed E-state index contributed by atoms with van der Waals surface area (Å²) >= 11 is 0. The van der Waals surface area contributed by atoms with Crippen molar-refractivity contribution >= 4 is 0 Å². The van der Waals surface area contributed by atoms with Crippen LogP contribution in [0.1, 0.15) is 5.69 Å². The van der Waals surface area contributed by atoms with Crippen molar-refractivity contribution in [2.75, 3.05) is 7.11 Å². The Bertz CT molecular complexity index is 678. The van der Waals surface area contributed by atoms with E-state index in [0.29, 0.717) is 12.4 Å². The quantitative estimate of drug-likeness (QED) is 0.721. The van der Waals surface area contributed by atoms with E-state index in [1.807, 2.05) is 42.5 Å². The normalized spacial score (nSPS) is 10.4. The fourth-order valence-corrected chi connectivity index (χ4v) is 1.80. The molecule has 6 heteroatoms. The zero-order chi connectivity index (χ0) is 13.8. The highest BCUT2D eigenvalue weighted by Gasteiger charge is 2.06. The fraction of sp³-hybridized carbons (Fsp3) is 0.143. The van der Waals surface area contributed by atoms with Gasteiger partial charge < -0.3 is 4.74 Å². The molecule has 0 aliphatic heterocycles. The zero-order valence-corrected chi connectivity index (χ0v) is 11.0. The van der Waals surface area contributed by atoms with Crippen LogP contribution < -0.4 is 4.74 Å². The SMILES string of the molecule is COc1ccc(-c2nnn(Cc3ccccn3)n2)cc1. The maximum absolute atomic E-state index is 5.12. The second-order valence-corrected chi connectivity index (χ2v) is 4.19. The van der Waals surface area contributed by atoms with Crippen LogP contribution in [-0.2, 0) is 6.54 Å². The number of nitrogens with zero attached hydrogens (tertiary/aromatic N) is 5. The lowest BCUT2D eigenvalue weighted by Gasteiger charge is -1.99. The third-order valence-corrected chi connectivity index (χ3v) is 2.83. The molecule has 0 saturated heterocycles. The molecule has 0 unspecified atom stereocenters. The molecular formula is C14H13N5O. The van der Waals surface area contributed by atoms with Gasteiger partial charge in [0.15, 0.2) is 0 Å². The molecule has 2 aromatic heterocycles. The molecule has 0 fully saturated rings. The first-order valence-corrected chi connectivity index (χ1v) is 6.17. The molecule has 0 aliphatic rings. The lowest BCUT2D eigenvalue weighted by Crippen LogP contribution is -2.05. The fourth-order valence-electron chi connectivity index (χ4n) is 1.80. The average Bonchev–Trinajstić information content (AvgIpc) is 2.97. The molecule has 0 saturated carbocycles. The number of ether oxygens (including phenoxy) is 1. The van der Waals surface area contributed by atoms with Crippen LogP contribution >= 0.6 is 0 Å². The van der Waals surface area contributed by atoms with Crippen LogP contribution in [0.5, 0.6) is 5.75 Å². The van der Waals surface area contributed by atoms with Crippen LogP contribution in [0, 0.1) is 0 Å². The van der Waals surface area contributed by atoms with Gasteiger partial charge in [0.2, 0.25) is 5.82 Å². The number of tetrazole rings is 1. The summed E-state index contributed by atoms with van der Waals surface area (Å²) < 4.78 is 5.12. The van der Waals surface area contributed by atoms with Crippen molar-refractivity contribution in [3.63, 3.8) is 0 Å². The van der Waals surface area contributed by atoms with Gasteiger partial charge in [-0.3, -0.25) is 4.98 Å². The minimum absolute atomic E-state index is 0.504. The summed E-state index contributed by atoms with van der Waals surface area (Å²) in [4.78, 5) is 5.76. The molecule has 0 atom stereocenters. The minimum Gasteiger partial charge on any atom is -0.497 e. The van der Waals surface area contributed by atoms with E-state index >= 15 is 0 Å². The standard InChI is InChI=1S/C14H13N5O/c1-20-13-7-5-11(6-8-13)14-16-18-19(17-14)10-12-4-2-3-9-15-12/h2-9H,10H2,1H3. The number of hydrogen-bond acceptors (Lipinski definition) is 5. The Morgan fingerprint density at radius 1 is 1.10 bits per heavy atom. The van der Waals surface area contributed by atoms with Gasteiger partial charge in [0.1, 0.15) is 12.3 Å². The van der Waals surface area contributed by atoms with Crippen molar-refractivity contribution in [2.24, 2.45) is 0 Å². The minimum atomic E-state index is 0.504. The van der Waals surface area contributed by atoms with E-state index in [9.17, 15) is 0 Å². The van der Waals surface area contributed by atoms with Crippen molar-refractivity contribution < 1.29 is 4.74 Å². The molecule has 3 rings (SSSR count). The first-order valence-electron chi connectivity index (χ1n) is 6.17. The smallest absolute Gasteiger partial charge is 0.204 e. The second kappa shape index (κ2) is 5.48. The Labute approximate surface area is 116 Å². The highest BCUT2D eigenvalue weighted by Crippen LogP contribution is 2.18. The zero-order valence-electron chi connectivity index (χ0n) is 11.0. The van der Waals surface area contributed by atoms with Gasteiger partial charge in [-0.15, -0.1) is 10.2 Å². The summed E-state index contributed by atoms with van der Waals surface area (Å²) in [5, 5.41) is 12.4. The van der Waals surface area contributed by atoms with Crippen molar-refractivity contribution in [1.29, 1.82) is 0 Å². The summed E-state index contributed by atoms with van der Waals surface area (Å²) in [6.45, 7) is 0.504. The molecule has 0 amide bonds. The highest BCUT2D eigenvalue weighted by atomic mass is 16.5. The van der Waals surface area contributed by atoms with Gasteiger partial charge in [0.25, 0.3) is 0 Å². The van der Waals surface area contributed by atoms with Crippen molar-refractivity contribution in [3.8, 4) is 17.1 Å². The number of pyridine rings is 1. The van der Waals surface area contributed by atoms with E-state index < -0.39 is 0 Å². The van der Waals surface area contributed by atoms with E-state index in [4.69, 9.17) is 4.74 Å². The summed E-state index contributed by atoms with van der Waals surface area (Å²) in [5.41, 5.74) is 1.80. The molecule has 0 bridgehead atoms. The lowest BCUT2D eigenvalue weighted by molar-refractivity contribution is 0.415. The van der Waals surface area contributed by atoms with Crippen LogP contribution in [0.25, 0.3) is 11.4 Å². The molecule has 0 N–H and O–H groups in total. The van der Waals surface area contributed by atoms with Gasteiger partial charge in [0, 0.05) is 11.8 Å². The summed E-state index contributed by atoms with van der Waals surface area (Å²) in [5.74, 6) is 1.39. The second-order valence-electron chi connectivity index (χ2n) is 4.19. The summed E-state index contributed by atoms with van der Waals surface area (Å²) in [6.07, 6.45) is 1.75. The maximum atomic E-state index is 5.12. The number of rotatable bonds is 4. The topological polar surface area (TPSA) is 65.7 Å². The molecule has 100 valence electrons. The number of aromatic nitrogens is 5. The van der Waals surface area contributed by atoms with E-state index in [1.165, 1.54) is 4.80 Å². The third kappa shape index (κ3) is 2.64. The molecule has 2 heterocycles. The number of methoxy groups -OCH3 is 1. The molecule has 0 spiro atoms. The Balaban J connectivity index is 1.79. The van der Waals surface area contributed by atoms with E-state index in [2.05, 4.69) is 20.4 Å². The van der Waals surface area contributed by atoms with Crippen LogP contribution in [-0.4, -0.2) is 32.3 Å². The largest absolute Gasteiger partial charge is 0.497 e. The van der Waals surface area contributed by atoms with Crippen LogP contribution in [0.2, 0.25) is 0 Å². The molecule has 0 aliphatic carbocycles. The van der Waals surface area contributed by atoms with E-state index in [1.54, 1.807) is 13.3 Å². The van der Waals surface area contributed by atoms with Gasteiger partial charge in [-0.05, 0) is 41.6 Å². The first-order chi connectivity index (χ1) is 9.85. The molecule has 20 heavy (non-hydrogen) atoms. The third-order valence-electron chi connectivity index (χ3n) is 2.83. The van der Waals surface area contributed by atoms with Gasteiger partial charge in [-0.2, -0.15) is 4.80 Å².